The predicted octanol–water partition coefficient (Wildman–Crippen LogP) is 1.93. The number of methoxy groups -OCH3 is 1. The molecule has 0 fully saturated rings. The number of benzene rings is 1. The van der Waals surface area contributed by atoms with Gasteiger partial charge in [-0.15, -0.1) is 11.8 Å². The van der Waals surface area contributed by atoms with Crippen molar-refractivity contribution >= 4 is 17.7 Å². The fourth-order valence-electron chi connectivity index (χ4n) is 1.16. The van der Waals surface area contributed by atoms with Gasteiger partial charge in [0.2, 0.25) is 5.91 Å². The number of hydrogen-bond donors (Lipinski definition) is 1. The van der Waals surface area contributed by atoms with E-state index in [2.05, 4.69) is 5.32 Å². The fraction of sp³-hybridized carbons (Fsp3) is 0.417. The smallest absolute Gasteiger partial charge is 0.230 e. The Morgan fingerprint density at radius 3 is 2.81 bits per heavy atom. The number of rotatable bonds is 7. The van der Waals surface area contributed by atoms with Crippen LogP contribution in [0.25, 0.3) is 0 Å². The molecule has 0 aromatic heterocycles. The molecule has 1 rings (SSSR count). The molecule has 3 nitrogen and oxygen atoms in total. The third-order valence-electron chi connectivity index (χ3n) is 1.96. The first kappa shape index (κ1) is 13.1. The van der Waals surface area contributed by atoms with Crippen molar-refractivity contribution in [2.24, 2.45) is 0 Å². The second-order valence-electron chi connectivity index (χ2n) is 3.30. The van der Waals surface area contributed by atoms with Gasteiger partial charge in [-0.3, -0.25) is 4.79 Å². The van der Waals surface area contributed by atoms with E-state index >= 15 is 0 Å². The molecule has 0 heterocycles. The van der Waals surface area contributed by atoms with Gasteiger partial charge in [0.1, 0.15) is 0 Å². The normalized spacial score (nSPS) is 10.1. The van der Waals surface area contributed by atoms with Gasteiger partial charge in [0.15, 0.2) is 0 Å². The summed E-state index contributed by atoms with van der Waals surface area (Å²) in [5.41, 5.74) is 0. The maximum absolute atomic E-state index is 11.4. The molecule has 1 N–H and O–H groups in total. The van der Waals surface area contributed by atoms with Gasteiger partial charge in [0, 0.05) is 25.2 Å². The average Bonchev–Trinajstić information content (AvgIpc) is 2.33. The summed E-state index contributed by atoms with van der Waals surface area (Å²) in [6.45, 7) is 1.37. The van der Waals surface area contributed by atoms with Gasteiger partial charge in [0.25, 0.3) is 0 Å². The molecule has 0 unspecified atom stereocenters. The number of ether oxygens (including phenoxy) is 1. The Morgan fingerprint density at radius 1 is 1.38 bits per heavy atom. The van der Waals surface area contributed by atoms with E-state index in [4.69, 9.17) is 4.74 Å². The number of thioether (sulfide) groups is 1. The van der Waals surface area contributed by atoms with E-state index in [0.29, 0.717) is 18.9 Å². The van der Waals surface area contributed by atoms with Gasteiger partial charge in [-0.05, 0) is 18.6 Å². The molecule has 16 heavy (non-hydrogen) atoms. The molecule has 0 radical (unpaired) electrons. The Hall–Kier alpha value is -1.00. The van der Waals surface area contributed by atoms with Crippen molar-refractivity contribution in [2.45, 2.75) is 11.3 Å². The van der Waals surface area contributed by atoms with Crippen molar-refractivity contribution in [1.29, 1.82) is 0 Å². The zero-order chi connectivity index (χ0) is 11.6. The van der Waals surface area contributed by atoms with Crippen LogP contribution in [0.15, 0.2) is 35.2 Å². The average molecular weight is 239 g/mol. The largest absolute Gasteiger partial charge is 0.385 e. The second-order valence-corrected chi connectivity index (χ2v) is 4.35. The highest BCUT2D eigenvalue weighted by Gasteiger charge is 2.01. The highest BCUT2D eigenvalue weighted by atomic mass is 32.2. The fourth-order valence-corrected chi connectivity index (χ4v) is 1.91. The molecular weight excluding hydrogens is 222 g/mol. The Labute approximate surface area is 101 Å². The summed E-state index contributed by atoms with van der Waals surface area (Å²) in [5.74, 6) is 0.543. The van der Waals surface area contributed by atoms with Crippen LogP contribution in [-0.2, 0) is 9.53 Å². The van der Waals surface area contributed by atoms with E-state index in [1.807, 2.05) is 30.3 Å². The lowest BCUT2D eigenvalue weighted by molar-refractivity contribution is -0.118. The van der Waals surface area contributed by atoms with Crippen molar-refractivity contribution in [3.05, 3.63) is 30.3 Å². The molecule has 0 aliphatic heterocycles. The van der Waals surface area contributed by atoms with E-state index in [-0.39, 0.29) is 5.91 Å². The molecule has 0 aliphatic rings. The second kappa shape index (κ2) is 8.19. The minimum atomic E-state index is 0.0740. The first-order valence-electron chi connectivity index (χ1n) is 5.26. The molecule has 0 aliphatic carbocycles. The Kier molecular flexibility index (Phi) is 6.69. The summed E-state index contributed by atoms with van der Waals surface area (Å²) in [4.78, 5) is 12.5. The van der Waals surface area contributed by atoms with Crippen molar-refractivity contribution in [3.63, 3.8) is 0 Å². The van der Waals surface area contributed by atoms with Crippen LogP contribution in [0.5, 0.6) is 0 Å². The van der Waals surface area contributed by atoms with Crippen LogP contribution in [0.2, 0.25) is 0 Å². The molecular formula is C12H17NO2S. The molecule has 1 aromatic rings. The minimum absolute atomic E-state index is 0.0740. The summed E-state index contributed by atoms with van der Waals surface area (Å²) >= 11 is 1.55. The van der Waals surface area contributed by atoms with Crippen LogP contribution < -0.4 is 5.32 Å². The summed E-state index contributed by atoms with van der Waals surface area (Å²) in [5, 5.41) is 2.85. The lowest BCUT2D eigenvalue weighted by atomic mass is 10.4. The molecule has 88 valence electrons. The molecule has 0 saturated carbocycles. The van der Waals surface area contributed by atoms with Crippen LogP contribution in [-0.4, -0.2) is 31.9 Å². The molecule has 0 spiro atoms. The van der Waals surface area contributed by atoms with Crippen LogP contribution in [0.3, 0.4) is 0 Å². The molecule has 0 saturated heterocycles. The monoisotopic (exact) mass is 239 g/mol. The maximum atomic E-state index is 11.4. The highest BCUT2D eigenvalue weighted by Crippen LogP contribution is 2.15. The van der Waals surface area contributed by atoms with E-state index in [9.17, 15) is 4.79 Å². The van der Waals surface area contributed by atoms with Gasteiger partial charge < -0.3 is 10.1 Å². The molecule has 1 aromatic carbocycles. The Morgan fingerprint density at radius 2 is 2.12 bits per heavy atom. The van der Waals surface area contributed by atoms with E-state index < -0.39 is 0 Å². The third kappa shape index (κ3) is 5.78. The lowest BCUT2D eigenvalue weighted by Gasteiger charge is -2.04. The van der Waals surface area contributed by atoms with Gasteiger partial charge in [0.05, 0.1) is 5.75 Å². The molecule has 0 atom stereocenters. The van der Waals surface area contributed by atoms with Gasteiger partial charge in [-0.25, -0.2) is 0 Å². The molecule has 0 bridgehead atoms. The highest BCUT2D eigenvalue weighted by molar-refractivity contribution is 8.00. The number of carbonyl (C=O) groups excluding carboxylic acids is 1. The summed E-state index contributed by atoms with van der Waals surface area (Å²) < 4.78 is 4.90. The van der Waals surface area contributed by atoms with Crippen LogP contribution in [0.4, 0.5) is 0 Å². The topological polar surface area (TPSA) is 38.3 Å². The molecule has 1 amide bonds. The van der Waals surface area contributed by atoms with Crippen molar-refractivity contribution in [3.8, 4) is 0 Å². The minimum Gasteiger partial charge on any atom is -0.385 e. The van der Waals surface area contributed by atoms with Gasteiger partial charge in [-0.1, -0.05) is 18.2 Å². The van der Waals surface area contributed by atoms with E-state index in [0.717, 1.165) is 11.3 Å². The zero-order valence-corrected chi connectivity index (χ0v) is 10.3. The lowest BCUT2D eigenvalue weighted by Crippen LogP contribution is -2.26. The maximum Gasteiger partial charge on any atom is 0.230 e. The number of hydrogen-bond acceptors (Lipinski definition) is 3. The summed E-state index contributed by atoms with van der Waals surface area (Å²) in [6.07, 6.45) is 0.859. The van der Waals surface area contributed by atoms with Gasteiger partial charge >= 0.3 is 0 Å². The Balaban J connectivity index is 2.11. The van der Waals surface area contributed by atoms with E-state index in [1.54, 1.807) is 18.9 Å². The SMILES string of the molecule is COCCCNC(=O)CSc1ccccc1. The number of carbonyl (C=O) groups is 1. The summed E-state index contributed by atoms with van der Waals surface area (Å²) in [7, 11) is 1.66. The standard InChI is InChI=1S/C12H17NO2S/c1-15-9-5-8-13-12(14)10-16-11-6-3-2-4-7-11/h2-4,6-7H,5,8-10H2,1H3,(H,13,14). The third-order valence-corrected chi connectivity index (χ3v) is 2.97. The Bertz CT molecular complexity index is 303. The number of amides is 1. The predicted molar refractivity (Wildman–Crippen MR) is 66.7 cm³/mol. The molecule has 4 heteroatoms. The van der Waals surface area contributed by atoms with Crippen LogP contribution in [0.1, 0.15) is 6.42 Å². The quantitative estimate of drug-likeness (QED) is 0.583. The number of nitrogens with one attached hydrogen (secondary N) is 1. The van der Waals surface area contributed by atoms with Crippen molar-refractivity contribution in [2.75, 3.05) is 26.0 Å². The van der Waals surface area contributed by atoms with E-state index in [1.165, 1.54) is 0 Å². The first-order valence-corrected chi connectivity index (χ1v) is 6.25. The first-order chi connectivity index (χ1) is 7.83. The van der Waals surface area contributed by atoms with Crippen LogP contribution >= 0.6 is 11.8 Å². The zero-order valence-electron chi connectivity index (χ0n) is 9.44. The van der Waals surface area contributed by atoms with Crippen molar-refractivity contribution in [1.82, 2.24) is 5.32 Å². The van der Waals surface area contributed by atoms with Crippen molar-refractivity contribution < 1.29 is 9.53 Å². The van der Waals surface area contributed by atoms with Crippen LogP contribution in [0, 0.1) is 0 Å². The van der Waals surface area contributed by atoms with Gasteiger partial charge in [-0.2, -0.15) is 0 Å². The summed E-state index contributed by atoms with van der Waals surface area (Å²) in [6, 6.07) is 9.91.